The van der Waals surface area contributed by atoms with E-state index in [4.69, 9.17) is 8.83 Å². The normalized spacial score (nSPS) is 11.5. The van der Waals surface area contributed by atoms with E-state index in [1.54, 1.807) is 0 Å². The van der Waals surface area contributed by atoms with E-state index in [0.29, 0.717) is 5.56 Å². The number of fused-ring (bicyclic) bond motifs is 6. The summed E-state index contributed by atoms with van der Waals surface area (Å²) in [5.74, 6) is 0. The fourth-order valence-corrected chi connectivity index (χ4v) is 6.74. The minimum absolute atomic E-state index is 0.625. The molecule has 0 bridgehead atoms. The molecule has 214 valence electrons. The fraction of sp³-hybridized carbons (Fsp3) is 0. The van der Waals surface area contributed by atoms with Gasteiger partial charge < -0.3 is 8.83 Å². The van der Waals surface area contributed by atoms with E-state index in [9.17, 15) is 5.26 Å². The predicted molar refractivity (Wildman–Crippen MR) is 187 cm³/mol. The number of furan rings is 2. The molecular formula is C43H25NO2. The minimum atomic E-state index is 0.625. The van der Waals surface area contributed by atoms with Gasteiger partial charge in [0.2, 0.25) is 0 Å². The first-order valence-corrected chi connectivity index (χ1v) is 15.3. The van der Waals surface area contributed by atoms with Gasteiger partial charge in [-0.2, -0.15) is 5.26 Å². The molecule has 7 aromatic carbocycles. The number of hydrogen-bond acceptors (Lipinski definition) is 3. The second kappa shape index (κ2) is 10.4. The van der Waals surface area contributed by atoms with Crippen molar-refractivity contribution in [2.75, 3.05) is 0 Å². The van der Waals surface area contributed by atoms with Gasteiger partial charge in [-0.25, -0.2) is 0 Å². The van der Waals surface area contributed by atoms with Crippen molar-refractivity contribution in [2.24, 2.45) is 0 Å². The Morgan fingerprint density at radius 3 is 1.48 bits per heavy atom. The van der Waals surface area contributed by atoms with Gasteiger partial charge in [-0.3, -0.25) is 0 Å². The highest BCUT2D eigenvalue weighted by Gasteiger charge is 2.19. The Balaban J connectivity index is 1.36. The third kappa shape index (κ3) is 4.20. The van der Waals surface area contributed by atoms with Crippen molar-refractivity contribution in [3.05, 3.63) is 157 Å². The molecule has 2 aromatic heterocycles. The quantitative estimate of drug-likeness (QED) is 0.206. The van der Waals surface area contributed by atoms with Crippen LogP contribution in [0.25, 0.3) is 88.4 Å². The number of rotatable bonds is 4. The zero-order valence-electron chi connectivity index (χ0n) is 24.7. The predicted octanol–water partition coefficient (Wildman–Crippen LogP) is 12.0. The lowest BCUT2D eigenvalue weighted by atomic mass is 9.84. The van der Waals surface area contributed by atoms with Gasteiger partial charge in [0.25, 0.3) is 0 Å². The lowest BCUT2D eigenvalue weighted by Crippen LogP contribution is -1.93. The summed E-state index contributed by atoms with van der Waals surface area (Å²) in [5.41, 5.74) is 12.6. The van der Waals surface area contributed by atoms with Crippen LogP contribution >= 0.6 is 0 Å². The van der Waals surface area contributed by atoms with Gasteiger partial charge in [0.1, 0.15) is 22.3 Å². The highest BCUT2D eigenvalue weighted by atomic mass is 16.3. The number of benzene rings is 7. The van der Waals surface area contributed by atoms with E-state index in [1.807, 2.05) is 60.7 Å². The molecule has 3 heteroatoms. The Labute approximate surface area is 265 Å². The third-order valence-electron chi connectivity index (χ3n) is 8.91. The molecule has 0 aliphatic carbocycles. The van der Waals surface area contributed by atoms with Gasteiger partial charge >= 0.3 is 0 Å². The average molecular weight is 588 g/mol. The van der Waals surface area contributed by atoms with Gasteiger partial charge in [0.15, 0.2) is 0 Å². The molecule has 0 saturated heterocycles. The average Bonchev–Trinajstić information content (AvgIpc) is 3.69. The SMILES string of the molecule is N#Cc1cccc(-c2cc(-c3ccc4c(c3)oc3ccccc34)c(-c3ccccc3)c(-c3ccc4c(c3)oc3ccccc34)c2)c1. The fourth-order valence-electron chi connectivity index (χ4n) is 6.74. The van der Waals surface area contributed by atoms with Crippen LogP contribution in [0.2, 0.25) is 0 Å². The standard InChI is InChI=1S/C43H25NO2/c44-26-27-9-8-12-29(21-27)32-22-37(30-17-19-35-33-13-4-6-15-39(33)45-41(35)24-30)43(28-10-2-1-3-11-28)38(23-32)31-18-20-36-34-14-5-7-16-40(34)46-42(36)25-31/h1-25H. The molecule has 0 radical (unpaired) electrons. The largest absolute Gasteiger partial charge is 0.456 e. The summed E-state index contributed by atoms with van der Waals surface area (Å²) in [4.78, 5) is 0. The number of hydrogen-bond donors (Lipinski definition) is 0. The molecule has 0 fully saturated rings. The summed E-state index contributed by atoms with van der Waals surface area (Å²) < 4.78 is 12.7. The van der Waals surface area contributed by atoms with Crippen molar-refractivity contribution in [1.29, 1.82) is 5.26 Å². The topological polar surface area (TPSA) is 50.1 Å². The third-order valence-corrected chi connectivity index (χ3v) is 8.91. The van der Waals surface area contributed by atoms with Crippen LogP contribution in [0.1, 0.15) is 5.56 Å². The van der Waals surface area contributed by atoms with Crippen LogP contribution in [0.15, 0.2) is 160 Å². The zero-order valence-corrected chi connectivity index (χ0v) is 24.7. The second-order valence-corrected chi connectivity index (χ2v) is 11.6. The molecule has 0 N–H and O–H groups in total. The molecule has 0 spiro atoms. The van der Waals surface area contributed by atoms with E-state index in [1.165, 1.54) is 0 Å². The van der Waals surface area contributed by atoms with Gasteiger partial charge in [0.05, 0.1) is 11.6 Å². The first-order valence-electron chi connectivity index (χ1n) is 15.3. The summed E-state index contributed by atoms with van der Waals surface area (Å²) in [6, 6.07) is 54.5. The van der Waals surface area contributed by atoms with Gasteiger partial charge in [-0.15, -0.1) is 0 Å². The van der Waals surface area contributed by atoms with Gasteiger partial charge in [-0.05, 0) is 105 Å². The minimum Gasteiger partial charge on any atom is -0.456 e. The maximum atomic E-state index is 9.72. The number of nitrogens with zero attached hydrogens (tertiary/aromatic N) is 1. The Bertz CT molecular complexity index is 2520. The maximum absolute atomic E-state index is 9.72. The molecule has 0 unspecified atom stereocenters. The van der Waals surface area contributed by atoms with E-state index < -0.39 is 0 Å². The van der Waals surface area contributed by atoms with Crippen LogP contribution in [0, 0.1) is 11.3 Å². The van der Waals surface area contributed by atoms with Crippen molar-refractivity contribution in [3.63, 3.8) is 0 Å². The first kappa shape index (κ1) is 26.1. The highest BCUT2D eigenvalue weighted by molar-refractivity contribution is 6.09. The van der Waals surface area contributed by atoms with Crippen molar-refractivity contribution in [1.82, 2.24) is 0 Å². The van der Waals surface area contributed by atoms with Gasteiger partial charge in [0, 0.05) is 21.5 Å². The molecule has 0 amide bonds. The van der Waals surface area contributed by atoms with Crippen molar-refractivity contribution < 1.29 is 8.83 Å². The lowest BCUT2D eigenvalue weighted by molar-refractivity contribution is 0.668. The molecule has 0 aliphatic rings. The molecule has 0 saturated carbocycles. The molecule has 46 heavy (non-hydrogen) atoms. The van der Waals surface area contributed by atoms with Gasteiger partial charge in [-0.1, -0.05) is 91.0 Å². The monoisotopic (exact) mass is 587 g/mol. The molecule has 3 nitrogen and oxygen atoms in total. The summed E-state index contributed by atoms with van der Waals surface area (Å²) in [7, 11) is 0. The van der Waals surface area contributed by atoms with Crippen LogP contribution in [0.3, 0.4) is 0 Å². The second-order valence-electron chi connectivity index (χ2n) is 11.6. The first-order chi connectivity index (χ1) is 22.7. The summed E-state index contributed by atoms with van der Waals surface area (Å²) in [5, 5.41) is 14.1. The number of para-hydroxylation sites is 2. The molecule has 2 heterocycles. The van der Waals surface area contributed by atoms with Crippen molar-refractivity contribution >= 4 is 43.9 Å². The Morgan fingerprint density at radius 2 is 0.891 bits per heavy atom. The smallest absolute Gasteiger partial charge is 0.136 e. The molecular weight excluding hydrogens is 562 g/mol. The van der Waals surface area contributed by atoms with Crippen molar-refractivity contribution in [2.45, 2.75) is 0 Å². The Morgan fingerprint density at radius 1 is 0.370 bits per heavy atom. The molecule has 9 rings (SSSR count). The van der Waals surface area contributed by atoms with E-state index in [0.717, 1.165) is 88.4 Å². The zero-order chi connectivity index (χ0) is 30.6. The highest BCUT2D eigenvalue weighted by Crippen LogP contribution is 2.45. The van der Waals surface area contributed by atoms with Crippen LogP contribution in [-0.2, 0) is 0 Å². The van der Waals surface area contributed by atoms with Crippen LogP contribution in [0.5, 0.6) is 0 Å². The van der Waals surface area contributed by atoms with Crippen molar-refractivity contribution in [3.8, 4) is 50.6 Å². The summed E-state index contributed by atoms with van der Waals surface area (Å²) in [6.07, 6.45) is 0. The van der Waals surface area contributed by atoms with Crippen LogP contribution in [0.4, 0.5) is 0 Å². The number of nitriles is 1. The lowest BCUT2D eigenvalue weighted by Gasteiger charge is -2.19. The molecule has 0 aliphatic heterocycles. The maximum Gasteiger partial charge on any atom is 0.136 e. The summed E-state index contributed by atoms with van der Waals surface area (Å²) >= 11 is 0. The Hall–Kier alpha value is -6.37. The molecule has 0 atom stereocenters. The van der Waals surface area contributed by atoms with Crippen LogP contribution in [-0.4, -0.2) is 0 Å². The van der Waals surface area contributed by atoms with E-state index in [2.05, 4.69) is 97.1 Å². The van der Waals surface area contributed by atoms with Crippen LogP contribution < -0.4 is 0 Å². The molecule has 9 aromatic rings. The summed E-state index contributed by atoms with van der Waals surface area (Å²) in [6.45, 7) is 0. The Kier molecular flexibility index (Phi) is 5.88. The van der Waals surface area contributed by atoms with E-state index >= 15 is 0 Å². The van der Waals surface area contributed by atoms with E-state index in [-0.39, 0.29) is 0 Å².